The molecule has 108 valence electrons. The minimum atomic E-state index is 0.333. The third-order valence-electron chi connectivity index (χ3n) is 3.30. The first kappa shape index (κ1) is 16.3. The largest absolute Gasteiger partial charge is 0.496 e. The van der Waals surface area contributed by atoms with Crippen molar-refractivity contribution in [1.29, 1.82) is 0 Å². The predicted octanol–water partition coefficient (Wildman–Crippen LogP) is 4.97. The topological polar surface area (TPSA) is 21.3 Å². The van der Waals surface area contributed by atoms with Gasteiger partial charge in [-0.2, -0.15) is 0 Å². The maximum atomic E-state index is 6.13. The highest BCUT2D eigenvalue weighted by Crippen LogP contribution is 2.31. The summed E-state index contributed by atoms with van der Waals surface area (Å²) >= 11 is 6.13. The van der Waals surface area contributed by atoms with Crippen molar-refractivity contribution in [2.45, 2.75) is 52.0 Å². The fourth-order valence-electron chi connectivity index (χ4n) is 2.26. The van der Waals surface area contributed by atoms with Crippen molar-refractivity contribution in [2.75, 3.05) is 13.7 Å². The molecule has 1 rings (SSSR count). The predicted molar refractivity (Wildman–Crippen MR) is 83.2 cm³/mol. The summed E-state index contributed by atoms with van der Waals surface area (Å²) < 4.78 is 5.47. The Bertz CT molecular complexity index is 368. The van der Waals surface area contributed by atoms with E-state index in [2.05, 4.69) is 19.2 Å². The summed E-state index contributed by atoms with van der Waals surface area (Å²) in [5, 5.41) is 4.38. The molecule has 0 heterocycles. The number of hydrogen-bond donors (Lipinski definition) is 1. The Morgan fingerprint density at radius 2 is 2.00 bits per heavy atom. The summed E-state index contributed by atoms with van der Waals surface area (Å²) in [6.07, 6.45) is 6.01. The van der Waals surface area contributed by atoms with Gasteiger partial charge in [-0.25, -0.2) is 0 Å². The molecule has 0 bridgehead atoms. The standard InChI is InChI=1S/C16H26ClNO/c1-4-6-7-8-15(18-11-5-2)14-12-13(17)9-10-16(14)19-3/h9-10,12,15,18H,4-8,11H2,1-3H3. The lowest BCUT2D eigenvalue weighted by atomic mass is 9.99. The lowest BCUT2D eigenvalue weighted by Gasteiger charge is -2.21. The van der Waals surface area contributed by atoms with E-state index in [1.807, 2.05) is 18.2 Å². The normalized spacial score (nSPS) is 12.4. The average molecular weight is 284 g/mol. The Morgan fingerprint density at radius 1 is 1.21 bits per heavy atom. The van der Waals surface area contributed by atoms with Crippen molar-refractivity contribution >= 4 is 11.6 Å². The van der Waals surface area contributed by atoms with Crippen LogP contribution in [0.25, 0.3) is 0 Å². The third kappa shape index (κ3) is 5.42. The summed E-state index contributed by atoms with van der Waals surface area (Å²) in [4.78, 5) is 0. The molecule has 0 aromatic heterocycles. The minimum absolute atomic E-state index is 0.333. The zero-order chi connectivity index (χ0) is 14.1. The van der Waals surface area contributed by atoms with E-state index in [9.17, 15) is 0 Å². The van der Waals surface area contributed by atoms with Gasteiger partial charge in [-0.05, 0) is 37.6 Å². The fourth-order valence-corrected chi connectivity index (χ4v) is 2.44. The van der Waals surface area contributed by atoms with Crippen LogP contribution >= 0.6 is 11.6 Å². The number of unbranched alkanes of at least 4 members (excludes halogenated alkanes) is 2. The van der Waals surface area contributed by atoms with Crippen LogP contribution < -0.4 is 10.1 Å². The molecule has 19 heavy (non-hydrogen) atoms. The molecule has 0 saturated carbocycles. The second kappa shape index (κ2) is 9.22. The van der Waals surface area contributed by atoms with Gasteiger partial charge < -0.3 is 10.1 Å². The van der Waals surface area contributed by atoms with E-state index >= 15 is 0 Å². The van der Waals surface area contributed by atoms with Crippen LogP contribution in [-0.4, -0.2) is 13.7 Å². The summed E-state index contributed by atoms with van der Waals surface area (Å²) in [6.45, 7) is 5.44. The molecule has 1 aromatic carbocycles. The molecule has 0 spiro atoms. The SMILES string of the molecule is CCCCCC(NCCC)c1cc(Cl)ccc1OC. The van der Waals surface area contributed by atoms with Crippen LogP contribution in [-0.2, 0) is 0 Å². The van der Waals surface area contributed by atoms with Gasteiger partial charge in [0.1, 0.15) is 5.75 Å². The smallest absolute Gasteiger partial charge is 0.123 e. The first-order valence-electron chi connectivity index (χ1n) is 7.29. The van der Waals surface area contributed by atoms with Gasteiger partial charge in [0.05, 0.1) is 7.11 Å². The molecular formula is C16H26ClNO. The number of nitrogens with one attached hydrogen (secondary N) is 1. The molecule has 1 N–H and O–H groups in total. The monoisotopic (exact) mass is 283 g/mol. The van der Waals surface area contributed by atoms with E-state index in [1.165, 1.54) is 24.8 Å². The van der Waals surface area contributed by atoms with Gasteiger partial charge in [0.25, 0.3) is 0 Å². The van der Waals surface area contributed by atoms with E-state index in [-0.39, 0.29) is 0 Å². The number of methoxy groups -OCH3 is 1. The van der Waals surface area contributed by atoms with Gasteiger partial charge in [0, 0.05) is 16.6 Å². The van der Waals surface area contributed by atoms with E-state index in [0.29, 0.717) is 6.04 Å². The minimum Gasteiger partial charge on any atom is -0.496 e. The van der Waals surface area contributed by atoms with Gasteiger partial charge in [-0.15, -0.1) is 0 Å². The van der Waals surface area contributed by atoms with Gasteiger partial charge in [0.15, 0.2) is 0 Å². The van der Waals surface area contributed by atoms with E-state index in [1.54, 1.807) is 7.11 Å². The molecule has 2 nitrogen and oxygen atoms in total. The van der Waals surface area contributed by atoms with Gasteiger partial charge in [0.2, 0.25) is 0 Å². The quantitative estimate of drug-likeness (QED) is 0.646. The molecule has 0 aliphatic carbocycles. The summed E-state index contributed by atoms with van der Waals surface area (Å²) in [7, 11) is 1.72. The van der Waals surface area contributed by atoms with Crippen molar-refractivity contribution in [3.8, 4) is 5.75 Å². The van der Waals surface area contributed by atoms with Crippen LogP contribution in [0.3, 0.4) is 0 Å². The third-order valence-corrected chi connectivity index (χ3v) is 3.54. The molecule has 1 unspecified atom stereocenters. The number of hydrogen-bond acceptors (Lipinski definition) is 2. The van der Waals surface area contributed by atoms with Crippen LogP contribution in [0.2, 0.25) is 5.02 Å². The fraction of sp³-hybridized carbons (Fsp3) is 0.625. The first-order chi connectivity index (χ1) is 9.22. The first-order valence-corrected chi connectivity index (χ1v) is 7.67. The Kier molecular flexibility index (Phi) is 7.92. The highest BCUT2D eigenvalue weighted by atomic mass is 35.5. The zero-order valence-electron chi connectivity index (χ0n) is 12.3. The van der Waals surface area contributed by atoms with Gasteiger partial charge in [-0.3, -0.25) is 0 Å². The maximum absolute atomic E-state index is 6.13. The highest BCUT2D eigenvalue weighted by Gasteiger charge is 2.15. The van der Waals surface area contributed by atoms with Crippen LogP contribution in [0, 0.1) is 0 Å². The van der Waals surface area contributed by atoms with Crippen molar-refractivity contribution < 1.29 is 4.74 Å². The molecule has 3 heteroatoms. The second-order valence-corrected chi connectivity index (χ2v) is 5.33. The molecule has 0 aliphatic rings. The second-order valence-electron chi connectivity index (χ2n) is 4.89. The molecule has 0 saturated heterocycles. The van der Waals surface area contributed by atoms with Crippen molar-refractivity contribution in [3.05, 3.63) is 28.8 Å². The molecule has 0 radical (unpaired) electrons. The average Bonchev–Trinajstić information content (AvgIpc) is 2.42. The molecule has 0 aliphatic heterocycles. The van der Waals surface area contributed by atoms with Gasteiger partial charge >= 0.3 is 0 Å². The van der Waals surface area contributed by atoms with Crippen molar-refractivity contribution in [2.24, 2.45) is 0 Å². The summed E-state index contributed by atoms with van der Waals surface area (Å²) in [5.74, 6) is 0.925. The van der Waals surface area contributed by atoms with E-state index in [4.69, 9.17) is 16.3 Å². The number of benzene rings is 1. The van der Waals surface area contributed by atoms with Crippen molar-refractivity contribution in [3.63, 3.8) is 0 Å². The molecule has 0 amide bonds. The van der Waals surface area contributed by atoms with E-state index in [0.717, 1.165) is 30.2 Å². The van der Waals surface area contributed by atoms with Crippen LogP contribution in [0.15, 0.2) is 18.2 Å². The Hall–Kier alpha value is -0.730. The molecule has 1 atom stereocenters. The Balaban J connectivity index is 2.84. The molecule has 1 aromatic rings. The lowest BCUT2D eigenvalue weighted by Crippen LogP contribution is -2.22. The highest BCUT2D eigenvalue weighted by molar-refractivity contribution is 6.30. The van der Waals surface area contributed by atoms with Crippen LogP contribution in [0.1, 0.15) is 57.6 Å². The van der Waals surface area contributed by atoms with E-state index < -0.39 is 0 Å². The summed E-state index contributed by atoms with van der Waals surface area (Å²) in [5.41, 5.74) is 1.18. The number of halogens is 1. The van der Waals surface area contributed by atoms with Crippen molar-refractivity contribution in [1.82, 2.24) is 5.32 Å². The zero-order valence-corrected chi connectivity index (χ0v) is 13.1. The maximum Gasteiger partial charge on any atom is 0.123 e. The van der Waals surface area contributed by atoms with Crippen LogP contribution in [0.4, 0.5) is 0 Å². The Labute approximate surface area is 122 Å². The summed E-state index contributed by atoms with van der Waals surface area (Å²) in [6, 6.07) is 6.20. The lowest BCUT2D eigenvalue weighted by molar-refractivity contribution is 0.392. The molecule has 0 fully saturated rings. The number of rotatable bonds is 9. The van der Waals surface area contributed by atoms with Gasteiger partial charge in [-0.1, -0.05) is 44.7 Å². The molecular weight excluding hydrogens is 258 g/mol. The van der Waals surface area contributed by atoms with Crippen LogP contribution in [0.5, 0.6) is 5.75 Å². The number of ether oxygens (including phenoxy) is 1. The Morgan fingerprint density at radius 3 is 2.63 bits per heavy atom.